The molecule has 0 unspecified atom stereocenters. The van der Waals surface area contributed by atoms with Gasteiger partial charge in [0.2, 0.25) is 0 Å². The molecule has 6 heteroatoms. The van der Waals surface area contributed by atoms with Crippen molar-refractivity contribution in [3.63, 3.8) is 0 Å². The largest absolute Gasteiger partial charge is 0.497 e. The van der Waals surface area contributed by atoms with Gasteiger partial charge in [-0.15, -0.1) is 0 Å². The first-order valence-corrected chi connectivity index (χ1v) is 10.2. The third-order valence-corrected chi connectivity index (χ3v) is 5.15. The lowest BCUT2D eigenvalue weighted by atomic mass is 10.1. The summed E-state index contributed by atoms with van der Waals surface area (Å²) in [7, 11) is 3.16. The number of amides is 1. The van der Waals surface area contributed by atoms with Crippen LogP contribution in [0.4, 0.5) is 0 Å². The smallest absolute Gasteiger partial charge is 0.257 e. The van der Waals surface area contributed by atoms with Gasteiger partial charge in [0.25, 0.3) is 5.91 Å². The van der Waals surface area contributed by atoms with E-state index in [1.54, 1.807) is 32.4 Å². The SMILES string of the molecule is COc1ccc(C(=O)N(C/C=C/c2ccccc2)CCN2CCOCC2)c(OC)c1. The minimum Gasteiger partial charge on any atom is -0.497 e. The Balaban J connectivity index is 1.74. The molecule has 1 fully saturated rings. The highest BCUT2D eigenvalue weighted by atomic mass is 16.5. The van der Waals surface area contributed by atoms with Crippen LogP contribution in [0.3, 0.4) is 0 Å². The van der Waals surface area contributed by atoms with E-state index in [1.807, 2.05) is 47.4 Å². The lowest BCUT2D eigenvalue weighted by Crippen LogP contribution is -2.43. The van der Waals surface area contributed by atoms with E-state index in [2.05, 4.69) is 4.90 Å². The Morgan fingerprint density at radius 1 is 1.10 bits per heavy atom. The molecule has 160 valence electrons. The van der Waals surface area contributed by atoms with Gasteiger partial charge < -0.3 is 19.1 Å². The van der Waals surface area contributed by atoms with Crippen LogP contribution in [-0.2, 0) is 4.74 Å². The number of hydrogen-bond donors (Lipinski definition) is 0. The predicted molar refractivity (Wildman–Crippen MR) is 118 cm³/mol. The topological polar surface area (TPSA) is 51.2 Å². The van der Waals surface area contributed by atoms with Gasteiger partial charge in [-0.1, -0.05) is 42.5 Å². The van der Waals surface area contributed by atoms with Crippen molar-refractivity contribution < 1.29 is 19.0 Å². The normalized spacial score (nSPS) is 14.6. The Labute approximate surface area is 178 Å². The molecule has 1 saturated heterocycles. The Morgan fingerprint density at radius 2 is 1.87 bits per heavy atom. The predicted octanol–water partition coefficient (Wildman–Crippen LogP) is 3.19. The van der Waals surface area contributed by atoms with Gasteiger partial charge in [-0.05, 0) is 17.7 Å². The summed E-state index contributed by atoms with van der Waals surface area (Å²) >= 11 is 0. The molecule has 1 heterocycles. The van der Waals surface area contributed by atoms with E-state index in [-0.39, 0.29) is 5.91 Å². The quantitative estimate of drug-likeness (QED) is 0.636. The average Bonchev–Trinajstić information content (AvgIpc) is 2.81. The van der Waals surface area contributed by atoms with E-state index in [0.29, 0.717) is 30.2 Å². The highest BCUT2D eigenvalue weighted by molar-refractivity contribution is 5.97. The van der Waals surface area contributed by atoms with Crippen molar-refractivity contribution in [3.05, 3.63) is 65.7 Å². The number of methoxy groups -OCH3 is 2. The molecule has 1 aliphatic rings. The molecule has 0 bridgehead atoms. The van der Waals surface area contributed by atoms with Crippen LogP contribution in [0.15, 0.2) is 54.6 Å². The summed E-state index contributed by atoms with van der Waals surface area (Å²) < 4.78 is 16.1. The average molecular weight is 411 g/mol. The first-order chi connectivity index (χ1) is 14.7. The Hall–Kier alpha value is -2.83. The molecular weight excluding hydrogens is 380 g/mol. The molecule has 1 aliphatic heterocycles. The minimum absolute atomic E-state index is 0.0551. The van der Waals surface area contributed by atoms with Crippen LogP contribution in [0, 0.1) is 0 Å². The molecule has 2 aromatic carbocycles. The van der Waals surface area contributed by atoms with Crippen LogP contribution in [0.2, 0.25) is 0 Å². The summed E-state index contributed by atoms with van der Waals surface area (Å²) in [5.41, 5.74) is 1.65. The van der Waals surface area contributed by atoms with Crippen LogP contribution >= 0.6 is 0 Å². The third-order valence-electron chi connectivity index (χ3n) is 5.15. The van der Waals surface area contributed by atoms with Gasteiger partial charge in [0, 0.05) is 38.8 Å². The Bertz CT molecular complexity index is 832. The van der Waals surface area contributed by atoms with E-state index >= 15 is 0 Å². The van der Waals surface area contributed by atoms with Crippen molar-refractivity contribution in [2.45, 2.75) is 0 Å². The van der Waals surface area contributed by atoms with Gasteiger partial charge in [0.1, 0.15) is 11.5 Å². The van der Waals surface area contributed by atoms with Gasteiger partial charge in [0.15, 0.2) is 0 Å². The van der Waals surface area contributed by atoms with E-state index in [9.17, 15) is 4.79 Å². The molecule has 3 rings (SSSR count). The van der Waals surface area contributed by atoms with Crippen molar-refractivity contribution in [1.82, 2.24) is 9.80 Å². The number of rotatable bonds is 9. The monoisotopic (exact) mass is 410 g/mol. The zero-order chi connectivity index (χ0) is 21.2. The first-order valence-electron chi connectivity index (χ1n) is 10.2. The second-order valence-electron chi connectivity index (χ2n) is 7.08. The Morgan fingerprint density at radius 3 is 2.57 bits per heavy atom. The zero-order valence-corrected chi connectivity index (χ0v) is 17.8. The van der Waals surface area contributed by atoms with Crippen LogP contribution in [0.5, 0.6) is 11.5 Å². The molecule has 30 heavy (non-hydrogen) atoms. The number of carbonyl (C=O) groups is 1. The summed E-state index contributed by atoms with van der Waals surface area (Å²) in [6.07, 6.45) is 4.07. The molecule has 0 saturated carbocycles. The summed E-state index contributed by atoms with van der Waals surface area (Å²) in [5, 5.41) is 0. The molecule has 1 amide bonds. The van der Waals surface area contributed by atoms with Gasteiger partial charge in [-0.25, -0.2) is 0 Å². The van der Waals surface area contributed by atoms with E-state index in [0.717, 1.165) is 38.4 Å². The van der Waals surface area contributed by atoms with Gasteiger partial charge >= 0.3 is 0 Å². The molecule has 0 spiro atoms. The second-order valence-corrected chi connectivity index (χ2v) is 7.08. The third kappa shape index (κ3) is 6.08. The summed E-state index contributed by atoms with van der Waals surface area (Å²) in [5.74, 6) is 1.12. The standard InChI is InChI=1S/C24H30N2O4/c1-28-21-10-11-22(23(19-21)29-2)24(27)26(14-13-25-15-17-30-18-16-25)12-6-9-20-7-4-3-5-8-20/h3-11,19H,12-18H2,1-2H3/b9-6+. The maximum Gasteiger partial charge on any atom is 0.257 e. The van der Waals surface area contributed by atoms with E-state index in [4.69, 9.17) is 14.2 Å². The highest BCUT2D eigenvalue weighted by Crippen LogP contribution is 2.26. The Kier molecular flexibility index (Phi) is 8.30. The molecule has 0 aromatic heterocycles. The first kappa shape index (κ1) is 21.9. The molecule has 6 nitrogen and oxygen atoms in total. The van der Waals surface area contributed by atoms with Gasteiger partial charge in [0.05, 0.1) is 33.0 Å². The molecular formula is C24H30N2O4. The number of benzene rings is 2. The minimum atomic E-state index is -0.0551. The fraction of sp³-hybridized carbons (Fsp3) is 0.375. The maximum absolute atomic E-state index is 13.4. The highest BCUT2D eigenvalue weighted by Gasteiger charge is 2.21. The lowest BCUT2D eigenvalue weighted by Gasteiger charge is -2.30. The molecule has 0 atom stereocenters. The van der Waals surface area contributed by atoms with Crippen molar-refractivity contribution >= 4 is 12.0 Å². The van der Waals surface area contributed by atoms with Gasteiger partial charge in [-0.3, -0.25) is 9.69 Å². The maximum atomic E-state index is 13.4. The van der Waals surface area contributed by atoms with Crippen LogP contribution in [-0.4, -0.2) is 75.9 Å². The van der Waals surface area contributed by atoms with Crippen molar-refractivity contribution in [3.8, 4) is 11.5 Å². The van der Waals surface area contributed by atoms with E-state index in [1.165, 1.54) is 0 Å². The number of nitrogens with zero attached hydrogens (tertiary/aromatic N) is 2. The van der Waals surface area contributed by atoms with Crippen molar-refractivity contribution in [2.75, 3.05) is 60.2 Å². The molecule has 0 aliphatic carbocycles. The number of carbonyl (C=O) groups excluding carboxylic acids is 1. The second kappa shape index (κ2) is 11.4. The lowest BCUT2D eigenvalue weighted by molar-refractivity contribution is 0.0331. The molecule has 0 radical (unpaired) electrons. The van der Waals surface area contributed by atoms with Crippen LogP contribution in [0.25, 0.3) is 6.08 Å². The number of morpholine rings is 1. The zero-order valence-electron chi connectivity index (χ0n) is 17.8. The molecule has 0 N–H and O–H groups in total. The van der Waals surface area contributed by atoms with Crippen molar-refractivity contribution in [1.29, 1.82) is 0 Å². The van der Waals surface area contributed by atoms with Crippen LogP contribution < -0.4 is 9.47 Å². The summed E-state index contributed by atoms with van der Waals surface area (Å²) in [4.78, 5) is 17.6. The summed E-state index contributed by atoms with van der Waals surface area (Å²) in [6, 6.07) is 15.4. The van der Waals surface area contributed by atoms with E-state index < -0.39 is 0 Å². The van der Waals surface area contributed by atoms with Crippen molar-refractivity contribution in [2.24, 2.45) is 0 Å². The molecule has 2 aromatic rings. The summed E-state index contributed by atoms with van der Waals surface area (Å²) in [6.45, 7) is 5.25. The fourth-order valence-electron chi connectivity index (χ4n) is 3.39. The van der Waals surface area contributed by atoms with Gasteiger partial charge in [-0.2, -0.15) is 0 Å². The fourth-order valence-corrected chi connectivity index (χ4v) is 3.39. The number of ether oxygens (including phenoxy) is 3. The van der Waals surface area contributed by atoms with Crippen LogP contribution in [0.1, 0.15) is 15.9 Å². The number of hydrogen-bond acceptors (Lipinski definition) is 5.